The van der Waals surface area contributed by atoms with Gasteiger partial charge in [0, 0.05) is 31.9 Å². The van der Waals surface area contributed by atoms with E-state index in [4.69, 9.17) is 5.73 Å². The van der Waals surface area contributed by atoms with Crippen molar-refractivity contribution in [3.63, 3.8) is 0 Å². The average Bonchev–Trinajstić information content (AvgIpc) is 2.39. The highest BCUT2D eigenvalue weighted by molar-refractivity contribution is 5.42. The second-order valence-corrected chi connectivity index (χ2v) is 5.93. The fraction of sp³-hybridized carbons (Fsp3) is 0.667. The number of anilines is 1. The maximum atomic E-state index is 5.94. The van der Waals surface area contributed by atoms with Gasteiger partial charge in [-0.15, -0.1) is 0 Å². The quantitative estimate of drug-likeness (QED) is 0.900. The Labute approximate surface area is 116 Å². The van der Waals surface area contributed by atoms with Crippen LogP contribution >= 0.6 is 0 Å². The molecule has 4 heteroatoms. The standard InChI is InChI=1S/C15H26N4/c1-12(16)14-4-7-17-15(10-14)19-8-5-13(6-9-19)11-18(2)3/h4,7,10,12-13H,5-6,8-9,11,16H2,1-3H3. The van der Waals surface area contributed by atoms with Crippen LogP contribution in [0.25, 0.3) is 0 Å². The van der Waals surface area contributed by atoms with Crippen molar-refractivity contribution in [3.05, 3.63) is 23.9 Å². The predicted molar refractivity (Wildman–Crippen MR) is 80.3 cm³/mol. The van der Waals surface area contributed by atoms with Gasteiger partial charge in [-0.3, -0.25) is 0 Å². The summed E-state index contributed by atoms with van der Waals surface area (Å²) in [5, 5.41) is 0. The van der Waals surface area contributed by atoms with Crippen LogP contribution in [0.4, 0.5) is 5.82 Å². The van der Waals surface area contributed by atoms with Crippen molar-refractivity contribution in [1.82, 2.24) is 9.88 Å². The summed E-state index contributed by atoms with van der Waals surface area (Å²) in [6, 6.07) is 4.22. The monoisotopic (exact) mass is 262 g/mol. The number of nitrogens with zero attached hydrogens (tertiary/aromatic N) is 3. The van der Waals surface area contributed by atoms with E-state index in [9.17, 15) is 0 Å². The minimum Gasteiger partial charge on any atom is -0.357 e. The van der Waals surface area contributed by atoms with Gasteiger partial charge in [-0.2, -0.15) is 0 Å². The van der Waals surface area contributed by atoms with E-state index in [1.165, 1.54) is 24.9 Å². The zero-order chi connectivity index (χ0) is 13.8. The van der Waals surface area contributed by atoms with Gasteiger partial charge in [0.15, 0.2) is 0 Å². The Morgan fingerprint density at radius 2 is 2.11 bits per heavy atom. The summed E-state index contributed by atoms with van der Waals surface area (Å²) in [4.78, 5) is 9.17. The number of rotatable bonds is 4. The summed E-state index contributed by atoms with van der Waals surface area (Å²) in [5.74, 6) is 1.90. The summed E-state index contributed by atoms with van der Waals surface area (Å²) in [6.45, 7) is 5.42. The fourth-order valence-electron chi connectivity index (χ4n) is 2.75. The van der Waals surface area contributed by atoms with Gasteiger partial charge < -0.3 is 15.5 Å². The van der Waals surface area contributed by atoms with Crippen LogP contribution in [-0.2, 0) is 0 Å². The molecule has 19 heavy (non-hydrogen) atoms. The number of hydrogen-bond donors (Lipinski definition) is 1. The average molecular weight is 262 g/mol. The zero-order valence-corrected chi connectivity index (χ0v) is 12.3. The molecule has 1 aliphatic rings. The minimum absolute atomic E-state index is 0.0769. The van der Waals surface area contributed by atoms with Gasteiger partial charge >= 0.3 is 0 Å². The molecule has 4 nitrogen and oxygen atoms in total. The van der Waals surface area contributed by atoms with Gasteiger partial charge in [0.2, 0.25) is 0 Å². The third-order valence-corrected chi connectivity index (χ3v) is 3.86. The van der Waals surface area contributed by atoms with Crippen LogP contribution in [0, 0.1) is 5.92 Å². The van der Waals surface area contributed by atoms with Gasteiger partial charge in [0.25, 0.3) is 0 Å². The van der Waals surface area contributed by atoms with Crippen molar-refractivity contribution < 1.29 is 0 Å². The molecule has 1 saturated heterocycles. The highest BCUT2D eigenvalue weighted by Crippen LogP contribution is 2.23. The summed E-state index contributed by atoms with van der Waals surface area (Å²) in [6.07, 6.45) is 4.38. The number of hydrogen-bond acceptors (Lipinski definition) is 4. The lowest BCUT2D eigenvalue weighted by Crippen LogP contribution is -2.37. The Hall–Kier alpha value is -1.13. The van der Waals surface area contributed by atoms with Crippen LogP contribution in [0.5, 0.6) is 0 Å². The van der Waals surface area contributed by atoms with Crippen LogP contribution in [0.15, 0.2) is 18.3 Å². The molecule has 106 valence electrons. The molecule has 0 bridgehead atoms. The highest BCUT2D eigenvalue weighted by atomic mass is 15.2. The minimum atomic E-state index is 0.0769. The van der Waals surface area contributed by atoms with Crippen molar-refractivity contribution in [3.8, 4) is 0 Å². The molecule has 0 spiro atoms. The molecule has 0 radical (unpaired) electrons. The first kappa shape index (κ1) is 14.3. The van der Waals surface area contributed by atoms with Crippen molar-refractivity contribution in [2.24, 2.45) is 11.7 Å². The van der Waals surface area contributed by atoms with E-state index in [2.05, 4.69) is 34.9 Å². The van der Waals surface area contributed by atoms with E-state index in [1.807, 2.05) is 19.2 Å². The number of piperidine rings is 1. The van der Waals surface area contributed by atoms with Crippen molar-refractivity contribution in [2.75, 3.05) is 38.6 Å². The molecule has 2 N–H and O–H groups in total. The topological polar surface area (TPSA) is 45.4 Å². The molecule has 2 heterocycles. The lowest BCUT2D eigenvalue weighted by atomic mass is 9.96. The van der Waals surface area contributed by atoms with Gasteiger partial charge in [-0.05, 0) is 57.5 Å². The lowest BCUT2D eigenvalue weighted by Gasteiger charge is -2.34. The smallest absolute Gasteiger partial charge is 0.128 e. The Morgan fingerprint density at radius 3 is 2.68 bits per heavy atom. The molecule has 1 aromatic heterocycles. The molecule has 0 saturated carbocycles. The van der Waals surface area contributed by atoms with Crippen LogP contribution in [-0.4, -0.2) is 43.6 Å². The largest absolute Gasteiger partial charge is 0.357 e. The SMILES string of the molecule is CC(N)c1ccnc(N2CCC(CN(C)C)CC2)c1. The molecule has 1 aliphatic heterocycles. The van der Waals surface area contributed by atoms with E-state index in [1.54, 1.807) is 0 Å². The zero-order valence-electron chi connectivity index (χ0n) is 12.3. The summed E-state index contributed by atoms with van der Waals surface area (Å²) < 4.78 is 0. The molecule has 0 aliphatic carbocycles. The van der Waals surface area contributed by atoms with Crippen molar-refractivity contribution in [1.29, 1.82) is 0 Å². The third-order valence-electron chi connectivity index (χ3n) is 3.86. The number of aromatic nitrogens is 1. The normalized spacial score (nSPS) is 18.9. The molecule has 0 amide bonds. The summed E-state index contributed by atoms with van der Waals surface area (Å²) in [7, 11) is 4.31. The fourth-order valence-corrected chi connectivity index (χ4v) is 2.75. The van der Waals surface area contributed by atoms with Gasteiger partial charge in [-0.1, -0.05) is 0 Å². The number of pyridine rings is 1. The molecule has 1 aromatic rings. The first-order valence-corrected chi connectivity index (χ1v) is 7.17. The molecule has 0 aromatic carbocycles. The molecular weight excluding hydrogens is 236 g/mol. The van der Waals surface area contributed by atoms with E-state index in [-0.39, 0.29) is 6.04 Å². The molecule has 1 fully saturated rings. The molecule has 1 atom stereocenters. The second kappa shape index (κ2) is 6.35. The Balaban J connectivity index is 1.96. The predicted octanol–water partition coefficient (Wildman–Crippen LogP) is 1.88. The first-order chi connectivity index (χ1) is 9.06. The first-order valence-electron chi connectivity index (χ1n) is 7.17. The van der Waals surface area contributed by atoms with Crippen molar-refractivity contribution in [2.45, 2.75) is 25.8 Å². The number of nitrogens with two attached hydrogens (primary N) is 1. The van der Waals surface area contributed by atoms with Gasteiger partial charge in [-0.25, -0.2) is 4.98 Å². The maximum Gasteiger partial charge on any atom is 0.128 e. The van der Waals surface area contributed by atoms with E-state index in [0.29, 0.717) is 0 Å². The lowest BCUT2D eigenvalue weighted by molar-refractivity contribution is 0.284. The molecule has 1 unspecified atom stereocenters. The van der Waals surface area contributed by atoms with E-state index in [0.717, 1.165) is 24.8 Å². The van der Waals surface area contributed by atoms with Crippen LogP contribution in [0.1, 0.15) is 31.4 Å². The van der Waals surface area contributed by atoms with Crippen LogP contribution in [0.3, 0.4) is 0 Å². The highest BCUT2D eigenvalue weighted by Gasteiger charge is 2.20. The summed E-state index contributed by atoms with van der Waals surface area (Å²) >= 11 is 0. The Morgan fingerprint density at radius 1 is 1.42 bits per heavy atom. The second-order valence-electron chi connectivity index (χ2n) is 5.93. The van der Waals surface area contributed by atoms with E-state index < -0.39 is 0 Å². The Kier molecular flexibility index (Phi) is 4.77. The van der Waals surface area contributed by atoms with Crippen LogP contribution in [0.2, 0.25) is 0 Å². The molecular formula is C15H26N4. The van der Waals surface area contributed by atoms with Gasteiger partial charge in [0.05, 0.1) is 0 Å². The third kappa shape index (κ3) is 3.91. The Bertz CT molecular complexity index is 395. The molecule has 2 rings (SSSR count). The van der Waals surface area contributed by atoms with Crippen molar-refractivity contribution >= 4 is 5.82 Å². The summed E-state index contributed by atoms with van der Waals surface area (Å²) in [5.41, 5.74) is 7.10. The van der Waals surface area contributed by atoms with Crippen LogP contribution < -0.4 is 10.6 Å². The van der Waals surface area contributed by atoms with Gasteiger partial charge in [0.1, 0.15) is 5.82 Å². The van der Waals surface area contributed by atoms with E-state index >= 15 is 0 Å². The maximum absolute atomic E-state index is 5.94.